The highest BCUT2D eigenvalue weighted by molar-refractivity contribution is 7.91. The Balaban J connectivity index is 1.13. The van der Waals surface area contributed by atoms with Crippen molar-refractivity contribution >= 4 is 20.0 Å². The van der Waals surface area contributed by atoms with E-state index < -0.39 is 64.3 Å². The number of aryl methyl sites for hydroxylation is 1. The van der Waals surface area contributed by atoms with Crippen LogP contribution in [0.2, 0.25) is 0 Å². The molecule has 0 saturated heterocycles. The van der Waals surface area contributed by atoms with E-state index in [-0.39, 0.29) is 11.8 Å². The monoisotopic (exact) mass is 878 g/mol. The van der Waals surface area contributed by atoms with Gasteiger partial charge in [0.15, 0.2) is 0 Å². The first kappa shape index (κ1) is 43.8. The van der Waals surface area contributed by atoms with Gasteiger partial charge in [-0.1, -0.05) is 78.9 Å². The molecule has 60 heavy (non-hydrogen) atoms. The summed E-state index contributed by atoms with van der Waals surface area (Å²) >= 11 is 0. The van der Waals surface area contributed by atoms with E-state index in [0.717, 1.165) is 64.3 Å². The molecule has 0 amide bonds. The van der Waals surface area contributed by atoms with E-state index in [9.17, 15) is 43.2 Å². The molecule has 6 rings (SSSR count). The van der Waals surface area contributed by atoms with Crippen molar-refractivity contribution in [2.45, 2.75) is 40.1 Å². The van der Waals surface area contributed by atoms with Gasteiger partial charge < -0.3 is 9.47 Å². The summed E-state index contributed by atoms with van der Waals surface area (Å²) in [5, 5.41) is -6.78. The van der Waals surface area contributed by atoms with Gasteiger partial charge in [-0.15, -0.1) is 0 Å². The fourth-order valence-electron chi connectivity index (χ4n) is 5.87. The second-order valence-electron chi connectivity index (χ2n) is 13.2. The number of hydrogen-bond donors (Lipinski definition) is 1. The lowest BCUT2D eigenvalue weighted by Gasteiger charge is -2.32. The number of benzene rings is 6. The maximum Gasteiger partial charge on any atom is 0.460 e. The van der Waals surface area contributed by atoms with Crippen LogP contribution in [0, 0.1) is 6.92 Å². The average molecular weight is 879 g/mol. The fraction of sp³-hybridized carbons (Fsp3) is 0.143. The minimum absolute atomic E-state index is 0.00194. The molecule has 8 nitrogen and oxygen atoms in total. The molecule has 0 heterocycles. The third-order valence-corrected chi connectivity index (χ3v) is 11.9. The van der Waals surface area contributed by atoms with Crippen molar-refractivity contribution < 1.29 is 70.7 Å². The third-order valence-electron chi connectivity index (χ3n) is 9.23. The first-order chi connectivity index (χ1) is 28.0. The molecule has 0 unspecified atom stereocenters. The van der Waals surface area contributed by atoms with Gasteiger partial charge in [-0.3, -0.25) is 4.55 Å². The summed E-state index contributed by atoms with van der Waals surface area (Å²) in [6, 6.07) is 36.6. The molecule has 0 spiro atoms. The highest BCUT2D eigenvalue weighted by Gasteiger charge is 2.74. The van der Waals surface area contributed by atoms with Crippen molar-refractivity contribution in [3.63, 3.8) is 0 Å². The summed E-state index contributed by atoms with van der Waals surface area (Å²) in [6.07, 6.45) is -13.5. The molecule has 314 valence electrons. The van der Waals surface area contributed by atoms with Crippen LogP contribution in [-0.2, 0) is 30.6 Å². The smallest absolute Gasteiger partial charge is 0.460 e. The number of alkyl halides is 8. The van der Waals surface area contributed by atoms with Crippen molar-refractivity contribution in [3.8, 4) is 50.6 Å². The van der Waals surface area contributed by atoms with Gasteiger partial charge in [-0.05, 0) is 107 Å². The number of rotatable bonds is 14. The molecular weight excluding hydrogens is 849 g/mol. The number of hydrogen-bond acceptors (Lipinski definition) is 7. The molecule has 0 aliphatic carbocycles. The lowest BCUT2D eigenvalue weighted by molar-refractivity contribution is -0.459. The first-order valence-corrected chi connectivity index (χ1v) is 20.2. The van der Waals surface area contributed by atoms with Gasteiger partial charge in [0.1, 0.15) is 17.2 Å². The van der Waals surface area contributed by atoms with E-state index in [1.165, 1.54) is 12.1 Å². The average Bonchev–Trinajstić information content (AvgIpc) is 3.20. The second-order valence-corrected chi connectivity index (χ2v) is 16.6. The van der Waals surface area contributed by atoms with E-state index in [1.54, 1.807) is 31.4 Å². The molecule has 0 bridgehead atoms. The highest BCUT2D eigenvalue weighted by Crippen LogP contribution is 2.51. The van der Waals surface area contributed by atoms with Crippen LogP contribution in [0.5, 0.6) is 17.2 Å². The van der Waals surface area contributed by atoms with Crippen LogP contribution >= 0.6 is 0 Å². The minimum Gasteiger partial charge on any atom is -0.497 e. The maximum absolute atomic E-state index is 15.0. The van der Waals surface area contributed by atoms with Gasteiger partial charge >= 0.3 is 33.5 Å². The zero-order valence-electron chi connectivity index (χ0n) is 30.9. The van der Waals surface area contributed by atoms with E-state index in [4.69, 9.17) is 14.0 Å². The minimum atomic E-state index is -7.13. The lowest BCUT2D eigenvalue weighted by Crippen LogP contribution is -2.55. The van der Waals surface area contributed by atoms with E-state index in [1.807, 2.05) is 72.8 Å². The number of sulfone groups is 1. The Morgan fingerprint density at radius 3 is 1.22 bits per heavy atom. The van der Waals surface area contributed by atoms with Gasteiger partial charge in [0.05, 0.1) is 16.9 Å². The summed E-state index contributed by atoms with van der Waals surface area (Å²) in [7, 11) is -10.3. The van der Waals surface area contributed by atoms with Crippen LogP contribution in [0.3, 0.4) is 0 Å². The van der Waals surface area contributed by atoms with Crippen LogP contribution < -0.4 is 9.47 Å². The Hall–Kier alpha value is -5.82. The standard InChI is InChI=1S/C42H30F8O8S2/c1-26-3-22-37(25-38(26)39(43,44)40(45,46)58-41(47,48)42(49,50)60(53,54)55)59(51,52)36-23-20-35(21-24-36)57-34-18-14-32(15-19-34)30-10-6-28(7-11-30)27-4-8-29(9-5-27)31-12-16-33(56-2)17-13-31/h3-25H,1-2H3,(H,53,54,55). The van der Waals surface area contributed by atoms with Crippen LogP contribution in [0.1, 0.15) is 11.1 Å². The number of ether oxygens (including phenoxy) is 3. The highest BCUT2D eigenvalue weighted by atomic mass is 32.2. The molecule has 0 fully saturated rings. The van der Waals surface area contributed by atoms with Gasteiger partial charge in [-0.2, -0.15) is 43.5 Å². The zero-order chi connectivity index (χ0) is 43.9. The van der Waals surface area contributed by atoms with Gasteiger partial charge in [0.25, 0.3) is 0 Å². The second kappa shape index (κ2) is 16.0. The van der Waals surface area contributed by atoms with Crippen LogP contribution in [0.4, 0.5) is 35.1 Å². The van der Waals surface area contributed by atoms with E-state index >= 15 is 8.78 Å². The Labute approximate surface area is 338 Å². The summed E-state index contributed by atoms with van der Waals surface area (Å²) in [5.41, 5.74) is 3.19. The topological polar surface area (TPSA) is 116 Å². The van der Waals surface area contributed by atoms with Gasteiger partial charge in [0.2, 0.25) is 9.84 Å². The van der Waals surface area contributed by atoms with Crippen molar-refractivity contribution in [3.05, 3.63) is 151 Å². The molecule has 0 atom stereocenters. The van der Waals surface area contributed by atoms with E-state index in [2.05, 4.69) is 4.74 Å². The quantitative estimate of drug-likeness (QED) is 0.0849. The third kappa shape index (κ3) is 8.58. The fourth-order valence-corrected chi connectivity index (χ4v) is 7.49. The molecule has 6 aromatic rings. The molecule has 0 aliphatic rings. The van der Waals surface area contributed by atoms with Crippen molar-refractivity contribution in [2.24, 2.45) is 0 Å². The predicted octanol–water partition coefficient (Wildman–Crippen LogP) is 11.4. The summed E-state index contributed by atoms with van der Waals surface area (Å²) < 4.78 is 183. The molecule has 18 heteroatoms. The van der Waals surface area contributed by atoms with Crippen LogP contribution in [-0.4, -0.2) is 46.0 Å². The van der Waals surface area contributed by atoms with Gasteiger partial charge in [-0.25, -0.2) is 13.2 Å². The molecule has 0 saturated carbocycles. The molecule has 0 radical (unpaired) electrons. The predicted molar refractivity (Wildman–Crippen MR) is 204 cm³/mol. The summed E-state index contributed by atoms with van der Waals surface area (Å²) in [6.45, 7) is 0.751. The summed E-state index contributed by atoms with van der Waals surface area (Å²) in [5.74, 6) is -4.68. The Morgan fingerprint density at radius 2 is 0.833 bits per heavy atom. The number of methoxy groups -OCH3 is 1. The van der Waals surface area contributed by atoms with Crippen molar-refractivity contribution in [1.82, 2.24) is 0 Å². The zero-order valence-corrected chi connectivity index (χ0v) is 32.6. The van der Waals surface area contributed by atoms with Crippen molar-refractivity contribution in [2.75, 3.05) is 7.11 Å². The summed E-state index contributed by atoms with van der Waals surface area (Å²) in [4.78, 5) is -1.57. The van der Waals surface area contributed by atoms with Crippen molar-refractivity contribution in [1.29, 1.82) is 0 Å². The SMILES string of the molecule is COc1ccc(-c2ccc(-c3ccc(-c4ccc(Oc5ccc(S(=O)(=O)c6ccc(C)c(C(F)(F)C(F)(F)OC(F)(F)C(F)(F)S(=O)(=O)O)c6)cc5)cc4)cc3)cc2)cc1. The van der Waals surface area contributed by atoms with Crippen LogP contribution in [0.15, 0.2) is 149 Å². The Morgan fingerprint density at radius 1 is 0.483 bits per heavy atom. The number of halogens is 8. The maximum atomic E-state index is 15.0. The van der Waals surface area contributed by atoms with Crippen LogP contribution in [0.25, 0.3) is 33.4 Å². The first-order valence-electron chi connectivity index (χ1n) is 17.2. The Kier molecular flexibility index (Phi) is 11.7. The molecule has 0 aliphatic heterocycles. The van der Waals surface area contributed by atoms with E-state index in [0.29, 0.717) is 11.8 Å². The van der Waals surface area contributed by atoms with Gasteiger partial charge in [0, 0.05) is 5.56 Å². The normalized spacial score (nSPS) is 12.9. The molecule has 0 aromatic heterocycles. The molecular formula is C42H30F8O8S2. The lowest BCUT2D eigenvalue weighted by atomic mass is 9.98. The molecule has 6 aromatic carbocycles. The Bertz CT molecular complexity index is 2710. The largest absolute Gasteiger partial charge is 0.497 e. The molecule has 1 N–H and O–H groups in total.